The average Bonchev–Trinajstić information content (AvgIpc) is 2.69. The lowest BCUT2D eigenvalue weighted by molar-refractivity contribution is 0.159. The second-order valence-corrected chi connectivity index (χ2v) is 4.15. The Morgan fingerprint density at radius 2 is 2.00 bits per heavy atom. The molecule has 1 heterocycles. The molecule has 0 spiro atoms. The zero-order valence-corrected chi connectivity index (χ0v) is 9.34. The molecule has 2 N–H and O–H groups in total. The smallest absolute Gasteiger partial charge is 0.0549 e. The maximum atomic E-state index is 9.32. The first kappa shape index (κ1) is 12.0. The number of hydrogen-bond donors (Lipinski definition) is 2. The summed E-state index contributed by atoms with van der Waals surface area (Å²) in [5.74, 6) is 0. The van der Waals surface area contributed by atoms with Crippen molar-refractivity contribution in [2.45, 2.75) is 38.7 Å². The summed E-state index contributed by atoms with van der Waals surface area (Å²) in [5, 5.41) is 12.7. The summed E-state index contributed by atoms with van der Waals surface area (Å²) in [5.41, 5.74) is 0. The molecule has 1 unspecified atom stereocenters. The van der Waals surface area contributed by atoms with Crippen LogP contribution in [0.2, 0.25) is 0 Å². The van der Waals surface area contributed by atoms with E-state index in [1.54, 1.807) is 0 Å². The highest BCUT2D eigenvalue weighted by molar-refractivity contribution is 4.67. The van der Waals surface area contributed by atoms with Crippen LogP contribution in [0, 0.1) is 0 Å². The molecule has 0 amide bonds. The van der Waals surface area contributed by atoms with Crippen LogP contribution in [0.1, 0.15) is 32.6 Å². The summed E-state index contributed by atoms with van der Waals surface area (Å²) in [6.45, 7) is 7.76. The Morgan fingerprint density at radius 3 is 2.64 bits per heavy atom. The van der Waals surface area contributed by atoms with Crippen molar-refractivity contribution < 1.29 is 5.11 Å². The highest BCUT2D eigenvalue weighted by Crippen LogP contribution is 2.05. The summed E-state index contributed by atoms with van der Waals surface area (Å²) in [7, 11) is 0. The molecule has 0 bridgehead atoms. The van der Waals surface area contributed by atoms with E-state index in [0.717, 1.165) is 25.9 Å². The summed E-state index contributed by atoms with van der Waals surface area (Å²) in [6, 6.07) is 0. The van der Waals surface area contributed by atoms with Crippen molar-refractivity contribution in [3.63, 3.8) is 0 Å². The first-order chi connectivity index (χ1) is 6.83. The van der Waals surface area contributed by atoms with Crippen molar-refractivity contribution in [2.75, 3.05) is 32.7 Å². The molecule has 3 nitrogen and oxygen atoms in total. The Kier molecular flexibility index (Phi) is 6.15. The molecular formula is C11H24N2O. The fourth-order valence-electron chi connectivity index (χ4n) is 1.84. The molecule has 0 aromatic rings. The highest BCUT2D eigenvalue weighted by Gasteiger charge is 2.09. The van der Waals surface area contributed by atoms with Crippen molar-refractivity contribution in [1.82, 2.24) is 10.2 Å². The first-order valence-corrected chi connectivity index (χ1v) is 5.94. The van der Waals surface area contributed by atoms with Crippen molar-refractivity contribution in [3.8, 4) is 0 Å². The van der Waals surface area contributed by atoms with Gasteiger partial charge in [0.2, 0.25) is 0 Å². The van der Waals surface area contributed by atoms with E-state index in [0.29, 0.717) is 0 Å². The normalized spacial score (nSPS) is 20.1. The monoisotopic (exact) mass is 200 g/mol. The van der Waals surface area contributed by atoms with E-state index in [-0.39, 0.29) is 6.10 Å². The summed E-state index contributed by atoms with van der Waals surface area (Å²) >= 11 is 0. The van der Waals surface area contributed by atoms with Gasteiger partial charge in [-0.15, -0.1) is 0 Å². The first-order valence-electron chi connectivity index (χ1n) is 5.94. The van der Waals surface area contributed by atoms with Crippen LogP contribution in [0.5, 0.6) is 0 Å². The molecule has 0 saturated carbocycles. The predicted molar refractivity (Wildman–Crippen MR) is 59.5 cm³/mol. The minimum atomic E-state index is -0.116. The Labute approximate surface area is 87.5 Å². The molecule has 1 saturated heterocycles. The molecule has 0 aromatic heterocycles. The molecule has 0 aromatic carbocycles. The van der Waals surface area contributed by atoms with Gasteiger partial charge in [-0.05, 0) is 45.3 Å². The van der Waals surface area contributed by atoms with Crippen molar-refractivity contribution >= 4 is 0 Å². The van der Waals surface area contributed by atoms with Crippen LogP contribution < -0.4 is 5.32 Å². The van der Waals surface area contributed by atoms with Crippen LogP contribution in [-0.4, -0.2) is 48.8 Å². The van der Waals surface area contributed by atoms with E-state index < -0.39 is 0 Å². The van der Waals surface area contributed by atoms with Crippen LogP contribution in [0.25, 0.3) is 0 Å². The number of nitrogens with one attached hydrogen (secondary N) is 1. The lowest BCUT2D eigenvalue weighted by Gasteiger charge is -2.15. The Hall–Kier alpha value is -0.120. The largest absolute Gasteiger partial charge is 0.393 e. The molecule has 1 aliphatic rings. The van der Waals surface area contributed by atoms with Gasteiger partial charge in [0.1, 0.15) is 0 Å². The van der Waals surface area contributed by atoms with Gasteiger partial charge in [-0.1, -0.05) is 6.92 Å². The minimum Gasteiger partial charge on any atom is -0.393 e. The summed E-state index contributed by atoms with van der Waals surface area (Å²) in [4.78, 5) is 2.50. The highest BCUT2D eigenvalue weighted by atomic mass is 16.3. The topological polar surface area (TPSA) is 35.5 Å². The van der Waals surface area contributed by atoms with E-state index in [4.69, 9.17) is 0 Å². The standard InChI is InChI=1S/C11H24N2O/c1-2-11(14)5-6-12-7-10-13-8-3-4-9-13/h11-12,14H,2-10H2,1H3. The van der Waals surface area contributed by atoms with Gasteiger partial charge in [0.05, 0.1) is 6.10 Å². The third kappa shape index (κ3) is 4.94. The molecule has 1 atom stereocenters. The molecule has 84 valence electrons. The number of aliphatic hydroxyl groups excluding tert-OH is 1. The second-order valence-electron chi connectivity index (χ2n) is 4.15. The zero-order chi connectivity index (χ0) is 10.2. The maximum Gasteiger partial charge on any atom is 0.0549 e. The van der Waals surface area contributed by atoms with Gasteiger partial charge in [-0.25, -0.2) is 0 Å². The van der Waals surface area contributed by atoms with E-state index in [2.05, 4.69) is 10.2 Å². The van der Waals surface area contributed by atoms with Crippen molar-refractivity contribution in [1.29, 1.82) is 0 Å². The number of nitrogens with zero attached hydrogens (tertiary/aromatic N) is 1. The van der Waals surface area contributed by atoms with Crippen LogP contribution in [0.4, 0.5) is 0 Å². The van der Waals surface area contributed by atoms with Gasteiger partial charge >= 0.3 is 0 Å². The van der Waals surface area contributed by atoms with Crippen LogP contribution in [0.15, 0.2) is 0 Å². The third-order valence-corrected chi connectivity index (χ3v) is 2.93. The van der Waals surface area contributed by atoms with E-state index in [1.807, 2.05) is 6.92 Å². The third-order valence-electron chi connectivity index (χ3n) is 2.93. The molecule has 1 rings (SSSR count). The minimum absolute atomic E-state index is 0.116. The quantitative estimate of drug-likeness (QED) is 0.598. The second kappa shape index (κ2) is 7.21. The van der Waals surface area contributed by atoms with Crippen molar-refractivity contribution in [2.24, 2.45) is 0 Å². The number of aliphatic hydroxyl groups is 1. The summed E-state index contributed by atoms with van der Waals surface area (Å²) < 4.78 is 0. The van der Waals surface area contributed by atoms with Crippen LogP contribution >= 0.6 is 0 Å². The van der Waals surface area contributed by atoms with E-state index in [9.17, 15) is 5.11 Å². The fraction of sp³-hybridized carbons (Fsp3) is 1.00. The van der Waals surface area contributed by atoms with Gasteiger partial charge in [0, 0.05) is 13.1 Å². The lowest BCUT2D eigenvalue weighted by Crippen LogP contribution is -2.31. The molecule has 1 aliphatic heterocycles. The van der Waals surface area contributed by atoms with Gasteiger partial charge in [0.25, 0.3) is 0 Å². The van der Waals surface area contributed by atoms with Gasteiger partial charge < -0.3 is 15.3 Å². The van der Waals surface area contributed by atoms with Crippen LogP contribution in [0.3, 0.4) is 0 Å². The zero-order valence-electron chi connectivity index (χ0n) is 9.34. The van der Waals surface area contributed by atoms with Gasteiger partial charge in [-0.3, -0.25) is 0 Å². The number of likely N-dealkylation sites (tertiary alicyclic amines) is 1. The average molecular weight is 200 g/mol. The Bertz CT molecular complexity index is 135. The Morgan fingerprint density at radius 1 is 1.29 bits per heavy atom. The van der Waals surface area contributed by atoms with Crippen LogP contribution in [-0.2, 0) is 0 Å². The number of rotatable bonds is 7. The molecule has 3 heteroatoms. The fourth-order valence-corrected chi connectivity index (χ4v) is 1.84. The van der Waals surface area contributed by atoms with Gasteiger partial charge in [-0.2, -0.15) is 0 Å². The van der Waals surface area contributed by atoms with E-state index >= 15 is 0 Å². The number of hydrogen-bond acceptors (Lipinski definition) is 3. The van der Waals surface area contributed by atoms with Crippen molar-refractivity contribution in [3.05, 3.63) is 0 Å². The molecule has 0 radical (unpaired) electrons. The molecular weight excluding hydrogens is 176 g/mol. The van der Waals surface area contributed by atoms with Gasteiger partial charge in [0.15, 0.2) is 0 Å². The predicted octanol–water partition coefficient (Wildman–Crippen LogP) is 0.833. The SMILES string of the molecule is CCC(O)CCNCCN1CCCC1. The molecule has 1 fully saturated rings. The van der Waals surface area contributed by atoms with E-state index in [1.165, 1.54) is 32.5 Å². The molecule has 14 heavy (non-hydrogen) atoms. The molecule has 0 aliphatic carbocycles. The Balaban J connectivity index is 1.84. The maximum absolute atomic E-state index is 9.32. The lowest BCUT2D eigenvalue weighted by atomic mass is 10.2. The summed E-state index contributed by atoms with van der Waals surface area (Å²) in [6.07, 6.45) is 4.38.